The summed E-state index contributed by atoms with van der Waals surface area (Å²) in [6.45, 7) is 12.3. The minimum atomic E-state index is -1.94. The van der Waals surface area contributed by atoms with E-state index in [0.29, 0.717) is 44.9 Å². The fourth-order valence-electron chi connectivity index (χ4n) is 16.2. The van der Waals surface area contributed by atoms with Gasteiger partial charge in [-0.3, -0.25) is 4.79 Å². The van der Waals surface area contributed by atoms with Crippen molar-refractivity contribution in [3.63, 3.8) is 0 Å². The van der Waals surface area contributed by atoms with Crippen LogP contribution in [0.15, 0.2) is 11.6 Å². The lowest BCUT2D eigenvalue weighted by molar-refractivity contribution is -0.375. The highest BCUT2D eigenvalue weighted by molar-refractivity contribution is 5.79. The molecule has 0 unspecified atom stereocenters. The SMILES string of the molecule is C[C@@H]1O[C@H](O[C@H]2[C@H](O)[C@@H](O)[C@H](OC[C@H]3O[C@@H](OC(=O)[C@]45CCC(C)(C)C[C@H]4C4=CC[C@@H]6[C@@]7(C)C[C@@H](O)[C@H](O)[C@@](C)(CO)[C@@H]7CC[C@@]6(C)[C@]4(C)CC5)[C@H](O)[C@@H](O)[C@@H]3O)O[C@@H]2CO)[C@H](O)[C@H](O[C@@H]2OC[C@@H](O)[C@H](O)[C@H]2O)[C@H]1O. The van der Waals surface area contributed by atoms with Crippen molar-refractivity contribution in [2.75, 3.05) is 26.4 Å². The van der Waals surface area contributed by atoms with Gasteiger partial charge < -0.3 is 109 Å². The van der Waals surface area contributed by atoms with Crippen LogP contribution in [-0.4, -0.2) is 233 Å². The Hall–Kier alpha value is -1.63. The summed E-state index contributed by atoms with van der Waals surface area (Å²) >= 11 is 0. The molecule has 14 N–H and O–H groups in total. The van der Waals surface area contributed by atoms with Crippen molar-refractivity contribution >= 4 is 5.97 Å². The molecule has 23 heteroatoms. The first-order valence-corrected chi connectivity index (χ1v) is 27.3. The maximum Gasteiger partial charge on any atom is 0.315 e. The van der Waals surface area contributed by atoms with Gasteiger partial charge in [0.25, 0.3) is 0 Å². The smallest absolute Gasteiger partial charge is 0.315 e. The van der Waals surface area contributed by atoms with Gasteiger partial charge in [0, 0.05) is 5.41 Å². The third kappa shape index (κ3) is 9.46. The van der Waals surface area contributed by atoms with E-state index in [4.69, 9.17) is 37.9 Å². The topological polar surface area (TPSA) is 374 Å². The Kier molecular flexibility index (Phi) is 16.5. The van der Waals surface area contributed by atoms with Crippen LogP contribution in [0.25, 0.3) is 0 Å². The molecule has 5 aliphatic carbocycles. The summed E-state index contributed by atoms with van der Waals surface area (Å²) in [4.78, 5) is 15.1. The van der Waals surface area contributed by atoms with Crippen LogP contribution in [0.4, 0.5) is 0 Å². The van der Waals surface area contributed by atoms with E-state index in [9.17, 15) is 71.5 Å². The van der Waals surface area contributed by atoms with Crippen LogP contribution in [0.3, 0.4) is 0 Å². The Morgan fingerprint density at radius 3 is 1.96 bits per heavy atom. The minimum absolute atomic E-state index is 0.0282. The van der Waals surface area contributed by atoms with Crippen molar-refractivity contribution < 1.29 is 114 Å². The molecule has 0 amide bonds. The molecule has 9 aliphatic rings. The second kappa shape index (κ2) is 21.3. The third-order valence-corrected chi connectivity index (χ3v) is 21.1. The molecule has 4 saturated carbocycles. The quantitative estimate of drug-likeness (QED) is 0.0756. The average Bonchev–Trinajstić information content (AvgIpc) is 3.37. The van der Waals surface area contributed by atoms with Crippen LogP contribution < -0.4 is 0 Å². The Balaban J connectivity index is 0.873. The van der Waals surface area contributed by atoms with Gasteiger partial charge in [0.05, 0.1) is 50.2 Å². The molecule has 0 spiro atoms. The zero-order valence-corrected chi connectivity index (χ0v) is 44.6. The Morgan fingerprint density at radius 1 is 0.632 bits per heavy atom. The monoisotopic (exact) mass is 1090 g/mol. The van der Waals surface area contributed by atoms with Crippen molar-refractivity contribution in [1.29, 1.82) is 0 Å². The molecule has 8 fully saturated rings. The number of hydrogen-bond acceptors (Lipinski definition) is 23. The van der Waals surface area contributed by atoms with Crippen molar-refractivity contribution in [3.05, 3.63) is 11.6 Å². The molecule has 0 aromatic rings. The molecule has 0 radical (unpaired) electrons. The number of aliphatic hydroxyl groups is 14. The van der Waals surface area contributed by atoms with Gasteiger partial charge in [0.15, 0.2) is 18.9 Å². The highest BCUT2D eigenvalue weighted by Gasteiger charge is 2.71. The summed E-state index contributed by atoms with van der Waals surface area (Å²) in [5.41, 5.74) is -1.92. The van der Waals surface area contributed by atoms with Crippen LogP contribution in [0, 0.1) is 50.2 Å². The Labute approximate surface area is 442 Å². The standard InChI is InChI=1S/C53H86O23/c1-22-31(58)41(75-44-36(63)32(59)26(57)19-69-44)39(66)46(71-22)74-40-27(18-54)72-43(38(65)35(40)62)70-20-28-33(60)34(61)37(64)45(73-28)76-47(68)53-14-12-48(2,3)16-24(53)23-8-9-30-49(4)17-25(56)42(67)50(5,21-55)29(49)10-11-52(30,7)51(23,6)13-15-53/h8,22,24-46,54-67H,9-21H2,1-7H3/t22-,24-,25+,26+,27+,28+,29+,30+,31-,32-,33+,34-,35+,36+,37+,38+,39+,40+,41+,42-,43+,44-,45-,46+,49-,50-,51+,52+,53-/m0/s1. The van der Waals surface area contributed by atoms with Crippen molar-refractivity contribution in [2.45, 2.75) is 235 Å². The summed E-state index contributed by atoms with van der Waals surface area (Å²) in [5.74, 6) is -0.803. The van der Waals surface area contributed by atoms with E-state index in [2.05, 4.69) is 40.7 Å². The zero-order valence-electron chi connectivity index (χ0n) is 44.6. The van der Waals surface area contributed by atoms with Gasteiger partial charge in [-0.1, -0.05) is 53.2 Å². The number of esters is 1. The highest BCUT2D eigenvalue weighted by atomic mass is 16.8. The lowest BCUT2D eigenvalue weighted by Crippen LogP contribution is -2.68. The normalized spacial score (nSPS) is 55.2. The molecule has 0 aromatic heterocycles. The fraction of sp³-hybridized carbons (Fsp3) is 0.943. The molecular formula is C53H86O23. The molecule has 4 saturated heterocycles. The second-order valence-corrected chi connectivity index (χ2v) is 25.9. The van der Waals surface area contributed by atoms with Gasteiger partial charge in [0.1, 0.15) is 85.5 Å². The maximum atomic E-state index is 15.1. The van der Waals surface area contributed by atoms with E-state index in [1.54, 1.807) is 0 Å². The predicted molar refractivity (Wildman–Crippen MR) is 258 cm³/mol. The van der Waals surface area contributed by atoms with Crippen molar-refractivity contribution in [2.24, 2.45) is 50.2 Å². The number of carbonyl (C=O) groups is 1. The number of aliphatic hydroxyl groups excluding tert-OH is 14. The lowest BCUT2D eigenvalue weighted by Gasteiger charge is -2.71. The first-order chi connectivity index (χ1) is 35.5. The van der Waals surface area contributed by atoms with Gasteiger partial charge in [-0.25, -0.2) is 0 Å². The largest absolute Gasteiger partial charge is 0.432 e. The molecule has 9 rings (SSSR count). The molecular weight excluding hydrogens is 1000 g/mol. The second-order valence-electron chi connectivity index (χ2n) is 25.9. The molecule has 0 aromatic carbocycles. The fourth-order valence-corrected chi connectivity index (χ4v) is 16.2. The van der Waals surface area contributed by atoms with Gasteiger partial charge in [-0.15, -0.1) is 0 Å². The summed E-state index contributed by atoms with van der Waals surface area (Å²) in [7, 11) is 0. The lowest BCUT2D eigenvalue weighted by atomic mass is 9.33. The average molecular weight is 1090 g/mol. The molecule has 0 bridgehead atoms. The molecule has 29 atom stereocenters. The molecule has 23 nitrogen and oxygen atoms in total. The van der Waals surface area contributed by atoms with Gasteiger partial charge in [-0.05, 0) is 104 Å². The van der Waals surface area contributed by atoms with Gasteiger partial charge in [-0.2, -0.15) is 0 Å². The molecule has 4 heterocycles. The summed E-state index contributed by atoms with van der Waals surface area (Å²) < 4.78 is 46.2. The molecule has 436 valence electrons. The summed E-state index contributed by atoms with van der Waals surface area (Å²) in [5, 5.41) is 152. The summed E-state index contributed by atoms with van der Waals surface area (Å²) in [6.07, 6.45) is -26.0. The number of allylic oxidation sites excluding steroid dienone is 2. The molecule has 76 heavy (non-hydrogen) atoms. The van der Waals surface area contributed by atoms with Gasteiger partial charge >= 0.3 is 5.97 Å². The number of carbonyl (C=O) groups excluding carboxylic acids is 1. The van der Waals surface area contributed by atoms with Crippen LogP contribution in [0.5, 0.6) is 0 Å². The van der Waals surface area contributed by atoms with E-state index in [0.717, 1.165) is 12.8 Å². The van der Waals surface area contributed by atoms with E-state index in [1.165, 1.54) is 12.5 Å². The number of hydrogen-bond donors (Lipinski definition) is 14. The Bertz CT molecular complexity index is 2100. The van der Waals surface area contributed by atoms with Crippen LogP contribution >= 0.6 is 0 Å². The van der Waals surface area contributed by atoms with Crippen LogP contribution in [-0.2, 0) is 42.7 Å². The van der Waals surface area contributed by atoms with Crippen LogP contribution in [0.1, 0.15) is 106 Å². The highest BCUT2D eigenvalue weighted by Crippen LogP contribution is 2.76. The number of rotatable bonds is 11. The first-order valence-electron chi connectivity index (χ1n) is 27.3. The minimum Gasteiger partial charge on any atom is -0.432 e. The van der Waals surface area contributed by atoms with Gasteiger partial charge in [0.2, 0.25) is 6.29 Å². The van der Waals surface area contributed by atoms with E-state index in [1.807, 2.05) is 6.92 Å². The summed E-state index contributed by atoms with van der Waals surface area (Å²) in [6, 6.07) is 0. The maximum absolute atomic E-state index is 15.1. The van der Waals surface area contributed by atoms with Crippen LogP contribution in [0.2, 0.25) is 0 Å². The van der Waals surface area contributed by atoms with E-state index < -0.39 is 171 Å². The first kappa shape index (κ1) is 59.0. The number of ether oxygens (including phenoxy) is 8. The molecule has 4 aliphatic heterocycles. The van der Waals surface area contributed by atoms with E-state index >= 15 is 4.79 Å². The van der Waals surface area contributed by atoms with E-state index in [-0.39, 0.29) is 40.6 Å². The Morgan fingerprint density at radius 2 is 1.28 bits per heavy atom. The van der Waals surface area contributed by atoms with Crippen molar-refractivity contribution in [1.82, 2.24) is 0 Å². The number of fused-ring (bicyclic) bond motifs is 7. The third-order valence-electron chi connectivity index (χ3n) is 21.1. The van der Waals surface area contributed by atoms with Crippen molar-refractivity contribution in [3.8, 4) is 0 Å². The zero-order chi connectivity index (χ0) is 55.6. The predicted octanol–water partition coefficient (Wildman–Crippen LogP) is -2.43.